The van der Waals surface area contributed by atoms with Crippen LogP contribution in [0.2, 0.25) is 0 Å². The van der Waals surface area contributed by atoms with Gasteiger partial charge in [-0.1, -0.05) is 51.2 Å². The Morgan fingerprint density at radius 3 is 0.926 bits per heavy atom. The number of alkyl halides is 1. The van der Waals surface area contributed by atoms with E-state index in [4.69, 9.17) is 73.2 Å². The summed E-state index contributed by atoms with van der Waals surface area (Å²) in [6, 6.07) is 8.43. The minimum atomic E-state index is 0.497. The van der Waals surface area contributed by atoms with Gasteiger partial charge in [0.15, 0.2) is 0 Å². The number of ether oxygens (including phenoxy) is 13. The summed E-state index contributed by atoms with van der Waals surface area (Å²) in [5.74, 6) is 1.38. The standard InChI is InChI=1S/C40H73ClO13/c1-2-3-4-5-6-7-8-39-9-11-40(12-10-39)54-38-37-53-36-35-52-34-33-51-32-31-50-30-29-49-28-27-48-26-25-47-24-23-46-22-21-45-20-19-44-18-17-43-16-15-42-14-13-41/h9-12H,2-8,13-38H2,1H3. The number of benzene rings is 1. The van der Waals surface area contributed by atoms with Crippen molar-refractivity contribution in [3.63, 3.8) is 0 Å². The van der Waals surface area contributed by atoms with E-state index >= 15 is 0 Å². The van der Waals surface area contributed by atoms with E-state index in [2.05, 4.69) is 19.1 Å². The van der Waals surface area contributed by atoms with Crippen LogP contribution in [0.3, 0.4) is 0 Å². The predicted octanol–water partition coefficient (Wildman–Crippen LogP) is 5.41. The van der Waals surface area contributed by atoms with Crippen molar-refractivity contribution in [3.05, 3.63) is 29.8 Å². The fourth-order valence-electron chi connectivity index (χ4n) is 4.66. The molecule has 0 bridgehead atoms. The molecule has 0 fully saturated rings. The van der Waals surface area contributed by atoms with Gasteiger partial charge in [-0.05, 0) is 30.5 Å². The van der Waals surface area contributed by atoms with E-state index in [-0.39, 0.29) is 0 Å². The fourth-order valence-corrected chi connectivity index (χ4v) is 4.77. The molecule has 0 aliphatic rings. The van der Waals surface area contributed by atoms with Gasteiger partial charge in [-0.3, -0.25) is 0 Å². The molecule has 318 valence electrons. The van der Waals surface area contributed by atoms with Crippen LogP contribution >= 0.6 is 11.6 Å². The maximum atomic E-state index is 5.78. The first kappa shape index (κ1) is 50.8. The van der Waals surface area contributed by atoms with Crippen LogP contribution in [0.15, 0.2) is 24.3 Å². The molecule has 0 aliphatic heterocycles. The summed E-state index contributed by atoms with van der Waals surface area (Å²) in [5.41, 5.74) is 1.38. The van der Waals surface area contributed by atoms with Crippen molar-refractivity contribution in [2.45, 2.75) is 51.9 Å². The topological polar surface area (TPSA) is 120 Å². The quantitative estimate of drug-likeness (QED) is 0.0619. The molecule has 0 N–H and O–H groups in total. The van der Waals surface area contributed by atoms with Crippen molar-refractivity contribution >= 4 is 11.6 Å². The molecule has 0 aromatic heterocycles. The van der Waals surface area contributed by atoms with E-state index in [1.54, 1.807) is 0 Å². The van der Waals surface area contributed by atoms with Gasteiger partial charge in [0.25, 0.3) is 0 Å². The first-order chi connectivity index (χ1) is 26.9. The molecule has 1 aromatic rings. The Hall–Kier alpha value is -1.17. The monoisotopic (exact) mass is 796 g/mol. The normalized spacial score (nSPS) is 11.5. The molecule has 0 unspecified atom stereocenters. The Labute approximate surface area is 331 Å². The lowest BCUT2D eigenvalue weighted by molar-refractivity contribution is -0.0284. The summed E-state index contributed by atoms with van der Waals surface area (Å²) < 4.78 is 71.4. The Kier molecular flexibility index (Phi) is 41.9. The van der Waals surface area contributed by atoms with Crippen molar-refractivity contribution in [1.29, 1.82) is 0 Å². The lowest BCUT2D eigenvalue weighted by Crippen LogP contribution is -2.15. The van der Waals surface area contributed by atoms with Gasteiger partial charge >= 0.3 is 0 Å². The largest absolute Gasteiger partial charge is 0.491 e. The van der Waals surface area contributed by atoms with Crippen LogP contribution in [0.25, 0.3) is 0 Å². The molecule has 54 heavy (non-hydrogen) atoms. The van der Waals surface area contributed by atoms with E-state index < -0.39 is 0 Å². The zero-order chi connectivity index (χ0) is 38.5. The smallest absolute Gasteiger partial charge is 0.119 e. The minimum absolute atomic E-state index is 0.497. The maximum Gasteiger partial charge on any atom is 0.119 e. The summed E-state index contributed by atoms with van der Waals surface area (Å²) >= 11 is 5.52. The first-order valence-electron chi connectivity index (χ1n) is 20.1. The number of halogens is 1. The van der Waals surface area contributed by atoms with Crippen LogP contribution in [-0.4, -0.2) is 171 Å². The summed E-state index contributed by atoms with van der Waals surface area (Å²) in [6.07, 6.45) is 9.08. The molecular formula is C40H73ClO13. The highest BCUT2D eigenvalue weighted by molar-refractivity contribution is 6.17. The molecule has 0 saturated carbocycles. The number of unbranched alkanes of at least 4 members (excludes halogenated alkanes) is 5. The molecule has 0 atom stereocenters. The van der Waals surface area contributed by atoms with Gasteiger partial charge in [-0.25, -0.2) is 0 Å². The van der Waals surface area contributed by atoms with E-state index in [0.717, 1.165) is 12.2 Å². The Bertz CT molecular complexity index is 841. The maximum absolute atomic E-state index is 5.78. The van der Waals surface area contributed by atoms with Gasteiger partial charge in [0.2, 0.25) is 0 Å². The molecule has 0 spiro atoms. The highest BCUT2D eigenvalue weighted by atomic mass is 35.5. The van der Waals surface area contributed by atoms with Gasteiger partial charge in [-0.2, -0.15) is 0 Å². The van der Waals surface area contributed by atoms with Crippen molar-refractivity contribution in [1.82, 2.24) is 0 Å². The molecule has 1 aromatic carbocycles. The van der Waals surface area contributed by atoms with Gasteiger partial charge < -0.3 is 61.6 Å². The first-order valence-corrected chi connectivity index (χ1v) is 20.6. The van der Waals surface area contributed by atoms with Gasteiger partial charge in [0, 0.05) is 5.88 Å². The van der Waals surface area contributed by atoms with Crippen molar-refractivity contribution in [2.24, 2.45) is 0 Å². The third-order valence-corrected chi connectivity index (χ3v) is 7.71. The molecular weight excluding hydrogens is 724 g/mol. The molecule has 14 heteroatoms. The second-order valence-electron chi connectivity index (χ2n) is 12.0. The molecule has 0 saturated heterocycles. The number of rotatable bonds is 46. The Balaban J connectivity index is 1.66. The van der Waals surface area contributed by atoms with Crippen LogP contribution in [0.1, 0.15) is 51.0 Å². The average Bonchev–Trinajstić information content (AvgIpc) is 3.19. The SMILES string of the molecule is CCCCCCCCc1ccc(OCCOCCOCCOCCOCCOCCOCCOCCOCCOCCOCCOCCOCCCl)cc1. The van der Waals surface area contributed by atoms with E-state index in [0.29, 0.717) is 171 Å². The highest BCUT2D eigenvalue weighted by Gasteiger charge is 1.99. The van der Waals surface area contributed by atoms with Crippen molar-refractivity contribution < 1.29 is 61.6 Å². The second-order valence-corrected chi connectivity index (χ2v) is 12.4. The average molecular weight is 797 g/mol. The van der Waals surface area contributed by atoms with E-state index in [1.165, 1.54) is 44.1 Å². The minimum Gasteiger partial charge on any atom is -0.491 e. The Morgan fingerprint density at radius 1 is 0.333 bits per heavy atom. The third-order valence-electron chi connectivity index (χ3n) is 7.55. The summed E-state index contributed by atoms with van der Waals surface area (Å²) in [6.45, 7) is 15.2. The zero-order valence-corrected chi connectivity index (χ0v) is 34.1. The van der Waals surface area contributed by atoms with Crippen LogP contribution in [0.4, 0.5) is 0 Å². The van der Waals surface area contributed by atoms with E-state index in [1.807, 2.05) is 12.1 Å². The molecule has 13 nitrogen and oxygen atoms in total. The number of hydrogen-bond donors (Lipinski definition) is 0. The van der Waals surface area contributed by atoms with E-state index in [9.17, 15) is 0 Å². The molecule has 0 amide bonds. The predicted molar refractivity (Wildman–Crippen MR) is 210 cm³/mol. The van der Waals surface area contributed by atoms with Crippen LogP contribution < -0.4 is 4.74 Å². The third kappa shape index (κ3) is 39.1. The molecule has 1 rings (SSSR count). The summed E-state index contributed by atoms with van der Waals surface area (Å²) in [7, 11) is 0. The van der Waals surface area contributed by atoms with Crippen LogP contribution in [0.5, 0.6) is 5.75 Å². The molecule has 0 radical (unpaired) electrons. The van der Waals surface area contributed by atoms with Crippen LogP contribution in [0, 0.1) is 0 Å². The van der Waals surface area contributed by atoms with Crippen LogP contribution in [-0.2, 0) is 63.3 Å². The fraction of sp³-hybridized carbons (Fsp3) is 0.850. The van der Waals surface area contributed by atoms with Gasteiger partial charge in [0.05, 0.1) is 159 Å². The molecule has 0 heterocycles. The lowest BCUT2D eigenvalue weighted by Gasteiger charge is -2.09. The molecule has 0 aliphatic carbocycles. The lowest BCUT2D eigenvalue weighted by atomic mass is 10.0. The zero-order valence-electron chi connectivity index (χ0n) is 33.3. The van der Waals surface area contributed by atoms with Crippen molar-refractivity contribution in [3.8, 4) is 5.75 Å². The summed E-state index contributed by atoms with van der Waals surface area (Å²) in [4.78, 5) is 0. The second kappa shape index (κ2) is 44.5. The Morgan fingerprint density at radius 2 is 0.611 bits per heavy atom. The van der Waals surface area contributed by atoms with Gasteiger partial charge in [-0.15, -0.1) is 11.6 Å². The number of aryl methyl sites for hydroxylation is 1. The van der Waals surface area contributed by atoms with Crippen molar-refractivity contribution in [2.75, 3.05) is 171 Å². The van der Waals surface area contributed by atoms with Gasteiger partial charge in [0.1, 0.15) is 12.4 Å². The number of hydrogen-bond acceptors (Lipinski definition) is 13. The highest BCUT2D eigenvalue weighted by Crippen LogP contribution is 2.15. The summed E-state index contributed by atoms with van der Waals surface area (Å²) in [5, 5.41) is 0.